The average Bonchev–Trinajstić information content (AvgIpc) is 2.85. The van der Waals surface area contributed by atoms with E-state index in [1.165, 1.54) is 31.7 Å². The van der Waals surface area contributed by atoms with Crippen molar-refractivity contribution in [1.29, 1.82) is 0 Å². The van der Waals surface area contributed by atoms with E-state index in [-0.39, 0.29) is 5.69 Å². The number of hydrogen-bond donors (Lipinski definition) is 2. The van der Waals surface area contributed by atoms with E-state index in [4.69, 9.17) is 5.11 Å². The highest BCUT2D eigenvalue weighted by atomic mass is 16.4. The van der Waals surface area contributed by atoms with Gasteiger partial charge in [0.25, 0.3) is 0 Å². The molecule has 5 nitrogen and oxygen atoms in total. The van der Waals surface area contributed by atoms with Crippen molar-refractivity contribution in [3.05, 3.63) is 18.1 Å². The van der Waals surface area contributed by atoms with Crippen molar-refractivity contribution in [2.75, 3.05) is 11.9 Å². The minimum atomic E-state index is -1.04. The molecule has 0 amide bonds. The van der Waals surface area contributed by atoms with E-state index in [9.17, 15) is 4.79 Å². The number of hydrogen-bond acceptors (Lipinski definition) is 4. The summed E-state index contributed by atoms with van der Waals surface area (Å²) in [4.78, 5) is 18.6. The summed E-state index contributed by atoms with van der Waals surface area (Å²) in [6, 6.07) is 0. The molecule has 4 saturated carbocycles. The first-order valence-corrected chi connectivity index (χ1v) is 6.48. The monoisotopic (exact) mass is 245 g/mol. The molecule has 5 rings (SSSR count). The van der Waals surface area contributed by atoms with E-state index in [1.54, 1.807) is 0 Å². The lowest BCUT2D eigenvalue weighted by Gasteiger charge is -2.12. The van der Waals surface area contributed by atoms with Crippen molar-refractivity contribution in [2.24, 2.45) is 23.2 Å². The van der Waals surface area contributed by atoms with Gasteiger partial charge >= 0.3 is 5.97 Å². The van der Waals surface area contributed by atoms with Crippen molar-refractivity contribution >= 4 is 11.8 Å². The highest BCUT2D eigenvalue weighted by Gasteiger charge is 2.73. The van der Waals surface area contributed by atoms with E-state index in [1.807, 2.05) is 0 Å². The summed E-state index contributed by atoms with van der Waals surface area (Å²) in [5, 5.41) is 12.1. The number of nitrogens with zero attached hydrogens (tertiary/aromatic N) is 2. The topological polar surface area (TPSA) is 75.1 Å². The molecule has 2 unspecified atom stereocenters. The number of anilines is 1. The van der Waals surface area contributed by atoms with Gasteiger partial charge in [0.1, 0.15) is 5.82 Å². The minimum Gasteiger partial charge on any atom is -0.476 e. The standard InChI is InChI=1S/C13H15N3O2/c17-12(18)10-4-15-11(5-14-10)16-6-13-3-7-1-8(13)9(13)2-7/h4-5,7-9H,1-3,6H2,(H,15,16)(H,17,18). The van der Waals surface area contributed by atoms with Crippen molar-refractivity contribution in [1.82, 2.24) is 9.97 Å². The lowest BCUT2D eigenvalue weighted by molar-refractivity contribution is 0.0690. The first kappa shape index (κ1) is 10.3. The molecule has 1 aromatic rings. The second-order valence-corrected chi connectivity index (χ2v) is 5.93. The first-order valence-electron chi connectivity index (χ1n) is 6.48. The summed E-state index contributed by atoms with van der Waals surface area (Å²) in [6.45, 7) is 0.972. The smallest absolute Gasteiger partial charge is 0.356 e. The number of aromatic carboxylic acids is 1. The van der Waals surface area contributed by atoms with Crippen molar-refractivity contribution in [3.63, 3.8) is 0 Å². The molecule has 0 radical (unpaired) electrons. The van der Waals surface area contributed by atoms with E-state index >= 15 is 0 Å². The minimum absolute atomic E-state index is 0.00821. The molecule has 18 heavy (non-hydrogen) atoms. The van der Waals surface area contributed by atoms with Gasteiger partial charge in [0.15, 0.2) is 5.69 Å². The maximum absolute atomic E-state index is 10.7. The van der Waals surface area contributed by atoms with Gasteiger partial charge in [0.2, 0.25) is 0 Å². The van der Waals surface area contributed by atoms with Crippen LogP contribution in [0.4, 0.5) is 5.82 Å². The van der Waals surface area contributed by atoms with Crippen LogP contribution in [0.1, 0.15) is 29.8 Å². The molecule has 4 bridgehead atoms. The normalized spacial score (nSPS) is 38.8. The van der Waals surface area contributed by atoms with Gasteiger partial charge in [-0.2, -0.15) is 0 Å². The van der Waals surface area contributed by atoms with Crippen molar-refractivity contribution in [3.8, 4) is 0 Å². The summed E-state index contributed by atoms with van der Waals surface area (Å²) < 4.78 is 0. The molecular weight excluding hydrogens is 230 g/mol. The summed E-state index contributed by atoms with van der Waals surface area (Å²) in [7, 11) is 0. The Hall–Kier alpha value is -1.65. The fourth-order valence-electron chi connectivity index (χ4n) is 4.41. The average molecular weight is 245 g/mol. The summed E-state index contributed by atoms with van der Waals surface area (Å²) in [5.41, 5.74) is 0.531. The van der Waals surface area contributed by atoms with E-state index in [0.717, 1.165) is 24.3 Å². The van der Waals surface area contributed by atoms with Crippen LogP contribution >= 0.6 is 0 Å². The number of carboxylic acids is 1. The number of carboxylic acid groups (broad SMARTS) is 1. The molecule has 0 spiro atoms. The van der Waals surface area contributed by atoms with E-state index in [0.29, 0.717) is 11.2 Å². The van der Waals surface area contributed by atoms with Gasteiger partial charge < -0.3 is 10.4 Å². The Kier molecular flexibility index (Phi) is 1.84. The summed E-state index contributed by atoms with van der Waals surface area (Å²) in [5.74, 6) is 2.51. The van der Waals surface area contributed by atoms with Crippen LogP contribution in [-0.4, -0.2) is 27.6 Å². The Labute approximate surface area is 105 Å². The lowest BCUT2D eigenvalue weighted by atomic mass is 10.0. The molecule has 2 atom stereocenters. The SMILES string of the molecule is O=C(O)c1cnc(NCC23CC4CC2C3C4)cn1. The van der Waals surface area contributed by atoms with Crippen LogP contribution in [0.25, 0.3) is 0 Å². The Morgan fingerprint density at radius 3 is 2.67 bits per heavy atom. The largest absolute Gasteiger partial charge is 0.476 e. The summed E-state index contributed by atoms with van der Waals surface area (Å²) >= 11 is 0. The molecule has 0 aliphatic heterocycles. The number of carbonyl (C=O) groups is 1. The van der Waals surface area contributed by atoms with Gasteiger partial charge in [-0.3, -0.25) is 0 Å². The fraction of sp³-hybridized carbons (Fsp3) is 0.615. The predicted octanol–water partition coefficient (Wildman–Crippen LogP) is 1.63. The van der Waals surface area contributed by atoms with E-state index in [2.05, 4.69) is 15.3 Å². The molecule has 94 valence electrons. The molecule has 0 saturated heterocycles. The third-order valence-electron chi connectivity index (χ3n) is 5.17. The number of aromatic nitrogens is 2. The zero-order valence-corrected chi connectivity index (χ0v) is 9.97. The van der Waals surface area contributed by atoms with Gasteiger partial charge in [-0.1, -0.05) is 0 Å². The molecule has 5 heteroatoms. The van der Waals surface area contributed by atoms with Crippen LogP contribution in [0.3, 0.4) is 0 Å². The van der Waals surface area contributed by atoms with Crippen LogP contribution in [0.2, 0.25) is 0 Å². The van der Waals surface area contributed by atoms with Crippen LogP contribution in [0.5, 0.6) is 0 Å². The van der Waals surface area contributed by atoms with Crippen molar-refractivity contribution < 1.29 is 9.90 Å². The zero-order valence-electron chi connectivity index (χ0n) is 9.97. The predicted molar refractivity (Wildman–Crippen MR) is 64.2 cm³/mol. The molecule has 2 N–H and O–H groups in total. The molecular formula is C13H15N3O2. The van der Waals surface area contributed by atoms with Crippen LogP contribution < -0.4 is 5.32 Å². The molecule has 1 heterocycles. The highest BCUT2D eigenvalue weighted by molar-refractivity contribution is 5.84. The zero-order chi connectivity index (χ0) is 12.3. The molecule has 0 aromatic carbocycles. The molecule has 4 aliphatic carbocycles. The van der Waals surface area contributed by atoms with Gasteiger partial charge in [-0.25, -0.2) is 14.8 Å². The maximum Gasteiger partial charge on any atom is 0.356 e. The maximum atomic E-state index is 10.7. The van der Waals surface area contributed by atoms with Gasteiger partial charge in [-0.15, -0.1) is 0 Å². The van der Waals surface area contributed by atoms with Crippen LogP contribution in [-0.2, 0) is 0 Å². The number of nitrogens with one attached hydrogen (secondary N) is 1. The molecule has 1 aromatic heterocycles. The quantitative estimate of drug-likeness (QED) is 0.843. The Balaban J connectivity index is 1.42. The Bertz CT molecular complexity index is 501. The molecule has 4 aliphatic rings. The third kappa shape index (κ3) is 1.24. The second-order valence-electron chi connectivity index (χ2n) is 5.93. The van der Waals surface area contributed by atoms with Gasteiger partial charge in [-0.05, 0) is 42.4 Å². The lowest BCUT2D eigenvalue weighted by Crippen LogP contribution is -2.16. The van der Waals surface area contributed by atoms with Crippen molar-refractivity contribution in [2.45, 2.75) is 19.3 Å². The van der Waals surface area contributed by atoms with Crippen LogP contribution in [0, 0.1) is 23.2 Å². The first-order chi connectivity index (χ1) is 8.69. The Morgan fingerprint density at radius 1 is 1.39 bits per heavy atom. The highest BCUT2D eigenvalue weighted by Crippen LogP contribution is 2.78. The van der Waals surface area contributed by atoms with Gasteiger partial charge in [0, 0.05) is 6.54 Å². The van der Waals surface area contributed by atoms with E-state index < -0.39 is 5.97 Å². The van der Waals surface area contributed by atoms with Crippen LogP contribution in [0.15, 0.2) is 12.4 Å². The third-order valence-corrected chi connectivity index (χ3v) is 5.17. The Morgan fingerprint density at radius 2 is 2.17 bits per heavy atom. The number of rotatable bonds is 4. The van der Waals surface area contributed by atoms with Gasteiger partial charge in [0.05, 0.1) is 12.4 Å². The second kappa shape index (κ2) is 3.22. The fourth-order valence-corrected chi connectivity index (χ4v) is 4.41. The molecule has 4 fully saturated rings. The summed E-state index contributed by atoms with van der Waals surface area (Å²) in [6.07, 6.45) is 7.04.